The second-order valence-electron chi connectivity index (χ2n) is 4.31. The third-order valence-corrected chi connectivity index (χ3v) is 3.11. The van der Waals surface area contributed by atoms with Crippen LogP contribution >= 0.6 is 0 Å². The van der Waals surface area contributed by atoms with Crippen molar-refractivity contribution >= 4 is 11.7 Å². The summed E-state index contributed by atoms with van der Waals surface area (Å²) in [5.74, 6) is 0.133. The van der Waals surface area contributed by atoms with Crippen molar-refractivity contribution in [3.63, 3.8) is 0 Å². The average molecular weight is 278 g/mol. The van der Waals surface area contributed by atoms with Gasteiger partial charge in [-0.25, -0.2) is 0 Å². The standard InChI is InChI=1S/C14H22N4O2/c1-3-18(4-2)13(19)10-16-9-11-7-5-6-8-12(11)14(15)17-20/h5-8,16,20H,3-4,9-10H2,1-2H3,(H2,15,17). The van der Waals surface area contributed by atoms with Crippen LogP contribution in [-0.2, 0) is 11.3 Å². The number of nitrogens with two attached hydrogens (primary N) is 1. The van der Waals surface area contributed by atoms with Gasteiger partial charge in [0.15, 0.2) is 5.84 Å². The van der Waals surface area contributed by atoms with Crippen LogP contribution in [0.15, 0.2) is 29.4 Å². The number of rotatable bonds is 7. The van der Waals surface area contributed by atoms with Gasteiger partial charge in [-0.3, -0.25) is 4.79 Å². The third-order valence-electron chi connectivity index (χ3n) is 3.11. The Balaban J connectivity index is 2.61. The summed E-state index contributed by atoms with van der Waals surface area (Å²) in [6.07, 6.45) is 0. The Bertz CT molecular complexity index is 470. The normalized spacial score (nSPS) is 11.4. The third kappa shape index (κ3) is 4.24. The fourth-order valence-electron chi connectivity index (χ4n) is 1.97. The molecule has 1 amide bonds. The van der Waals surface area contributed by atoms with Gasteiger partial charge in [-0.15, -0.1) is 0 Å². The zero-order valence-corrected chi connectivity index (χ0v) is 12.0. The molecule has 1 aromatic carbocycles. The van der Waals surface area contributed by atoms with E-state index in [1.54, 1.807) is 11.0 Å². The maximum absolute atomic E-state index is 11.8. The lowest BCUT2D eigenvalue weighted by molar-refractivity contribution is -0.129. The summed E-state index contributed by atoms with van der Waals surface area (Å²) in [6.45, 7) is 6.07. The second kappa shape index (κ2) is 8.16. The molecule has 0 bridgehead atoms. The number of likely N-dealkylation sites (N-methyl/N-ethyl adjacent to an activating group) is 1. The lowest BCUT2D eigenvalue weighted by Gasteiger charge is -2.19. The van der Waals surface area contributed by atoms with E-state index in [0.29, 0.717) is 25.2 Å². The molecule has 20 heavy (non-hydrogen) atoms. The highest BCUT2D eigenvalue weighted by atomic mass is 16.4. The first kappa shape index (κ1) is 16.0. The van der Waals surface area contributed by atoms with E-state index >= 15 is 0 Å². The maximum Gasteiger partial charge on any atom is 0.236 e. The quantitative estimate of drug-likeness (QED) is 0.297. The lowest BCUT2D eigenvalue weighted by atomic mass is 10.1. The minimum absolute atomic E-state index is 0.0660. The SMILES string of the molecule is CCN(CC)C(=O)CNCc1ccccc1/C(N)=N/O. The number of nitrogens with zero attached hydrogens (tertiary/aromatic N) is 2. The Morgan fingerprint density at radius 3 is 2.60 bits per heavy atom. The first-order valence-corrected chi connectivity index (χ1v) is 6.68. The van der Waals surface area contributed by atoms with Crippen molar-refractivity contribution in [3.05, 3.63) is 35.4 Å². The Morgan fingerprint density at radius 2 is 2.00 bits per heavy atom. The summed E-state index contributed by atoms with van der Waals surface area (Å²) < 4.78 is 0. The number of benzene rings is 1. The molecule has 0 saturated carbocycles. The maximum atomic E-state index is 11.8. The van der Waals surface area contributed by atoms with Crippen molar-refractivity contribution < 1.29 is 10.0 Å². The second-order valence-corrected chi connectivity index (χ2v) is 4.31. The molecule has 0 aromatic heterocycles. The van der Waals surface area contributed by atoms with Crippen molar-refractivity contribution in [2.45, 2.75) is 20.4 Å². The Labute approximate surface area is 119 Å². The van der Waals surface area contributed by atoms with E-state index in [2.05, 4.69) is 10.5 Å². The summed E-state index contributed by atoms with van der Waals surface area (Å²) in [5.41, 5.74) is 7.16. The largest absolute Gasteiger partial charge is 0.409 e. The number of nitrogens with one attached hydrogen (secondary N) is 1. The van der Waals surface area contributed by atoms with Crippen LogP contribution in [0.1, 0.15) is 25.0 Å². The summed E-state index contributed by atoms with van der Waals surface area (Å²) in [7, 11) is 0. The smallest absolute Gasteiger partial charge is 0.236 e. The predicted molar refractivity (Wildman–Crippen MR) is 78.6 cm³/mol. The molecule has 4 N–H and O–H groups in total. The van der Waals surface area contributed by atoms with Gasteiger partial charge in [-0.1, -0.05) is 29.4 Å². The molecule has 0 aliphatic rings. The fourth-order valence-corrected chi connectivity index (χ4v) is 1.97. The summed E-state index contributed by atoms with van der Waals surface area (Å²) in [4.78, 5) is 13.6. The van der Waals surface area contributed by atoms with Gasteiger partial charge in [0.2, 0.25) is 5.91 Å². The molecule has 6 nitrogen and oxygen atoms in total. The molecule has 0 saturated heterocycles. The number of hydrogen-bond donors (Lipinski definition) is 3. The minimum atomic E-state index is 0.0660. The molecule has 0 atom stereocenters. The Morgan fingerprint density at radius 1 is 1.35 bits per heavy atom. The molecule has 1 aromatic rings. The van der Waals surface area contributed by atoms with E-state index in [9.17, 15) is 4.79 Å². The number of hydrogen-bond acceptors (Lipinski definition) is 4. The van der Waals surface area contributed by atoms with Crippen LogP contribution in [0.5, 0.6) is 0 Å². The fraction of sp³-hybridized carbons (Fsp3) is 0.429. The Kier molecular flexibility index (Phi) is 6.52. The molecule has 0 radical (unpaired) electrons. The lowest BCUT2D eigenvalue weighted by Crippen LogP contribution is -2.37. The van der Waals surface area contributed by atoms with Crippen LogP contribution in [-0.4, -0.2) is 41.5 Å². The molecule has 110 valence electrons. The van der Waals surface area contributed by atoms with Gasteiger partial charge in [0.05, 0.1) is 6.54 Å². The molecule has 0 spiro atoms. The van der Waals surface area contributed by atoms with Crippen LogP contribution in [0.3, 0.4) is 0 Å². The molecule has 6 heteroatoms. The van der Waals surface area contributed by atoms with Crippen LogP contribution < -0.4 is 11.1 Å². The van der Waals surface area contributed by atoms with E-state index in [1.807, 2.05) is 32.0 Å². The number of carbonyl (C=O) groups excluding carboxylic acids is 1. The van der Waals surface area contributed by atoms with Gasteiger partial charge >= 0.3 is 0 Å². The minimum Gasteiger partial charge on any atom is -0.409 e. The molecular formula is C14H22N4O2. The van der Waals surface area contributed by atoms with Crippen molar-refractivity contribution in [2.24, 2.45) is 10.9 Å². The van der Waals surface area contributed by atoms with Gasteiger partial charge in [0, 0.05) is 25.2 Å². The van der Waals surface area contributed by atoms with E-state index in [4.69, 9.17) is 10.9 Å². The first-order chi connectivity index (χ1) is 9.63. The van der Waals surface area contributed by atoms with Crippen molar-refractivity contribution in [1.82, 2.24) is 10.2 Å². The highest BCUT2D eigenvalue weighted by molar-refractivity contribution is 5.98. The molecule has 1 rings (SSSR count). The van der Waals surface area contributed by atoms with Crippen molar-refractivity contribution in [1.29, 1.82) is 0 Å². The molecule has 0 unspecified atom stereocenters. The molecule has 0 fully saturated rings. The number of carbonyl (C=O) groups is 1. The topological polar surface area (TPSA) is 91.0 Å². The van der Waals surface area contributed by atoms with E-state index in [0.717, 1.165) is 5.56 Å². The van der Waals surface area contributed by atoms with Crippen LogP contribution in [0.2, 0.25) is 0 Å². The van der Waals surface area contributed by atoms with Crippen LogP contribution in [0.4, 0.5) is 0 Å². The first-order valence-electron chi connectivity index (χ1n) is 6.68. The van der Waals surface area contributed by atoms with Crippen molar-refractivity contribution in [2.75, 3.05) is 19.6 Å². The molecule has 0 aliphatic carbocycles. The Hall–Kier alpha value is -2.08. The summed E-state index contributed by atoms with van der Waals surface area (Å²) in [5, 5.41) is 14.8. The zero-order chi connectivity index (χ0) is 15.0. The van der Waals surface area contributed by atoms with E-state index in [1.165, 1.54) is 0 Å². The van der Waals surface area contributed by atoms with Gasteiger partial charge < -0.3 is 21.2 Å². The van der Waals surface area contributed by atoms with E-state index < -0.39 is 0 Å². The molecule has 0 heterocycles. The van der Waals surface area contributed by atoms with Gasteiger partial charge in [-0.05, 0) is 19.4 Å². The predicted octanol–water partition coefficient (Wildman–Crippen LogP) is 0.739. The number of oxime groups is 1. The van der Waals surface area contributed by atoms with Crippen molar-refractivity contribution in [3.8, 4) is 0 Å². The monoisotopic (exact) mass is 278 g/mol. The number of amides is 1. The van der Waals surface area contributed by atoms with Crippen LogP contribution in [0.25, 0.3) is 0 Å². The molecular weight excluding hydrogens is 256 g/mol. The summed E-state index contributed by atoms with van der Waals surface area (Å²) >= 11 is 0. The highest BCUT2D eigenvalue weighted by Gasteiger charge is 2.10. The molecule has 0 aliphatic heterocycles. The zero-order valence-electron chi connectivity index (χ0n) is 12.0. The number of amidine groups is 1. The van der Waals surface area contributed by atoms with Crippen LogP contribution in [0, 0.1) is 0 Å². The van der Waals surface area contributed by atoms with Gasteiger partial charge in [0.25, 0.3) is 0 Å². The highest BCUT2D eigenvalue weighted by Crippen LogP contribution is 2.08. The van der Waals surface area contributed by atoms with E-state index in [-0.39, 0.29) is 18.3 Å². The van der Waals surface area contributed by atoms with Gasteiger partial charge in [0.1, 0.15) is 0 Å². The van der Waals surface area contributed by atoms with Gasteiger partial charge in [-0.2, -0.15) is 0 Å². The average Bonchev–Trinajstić information content (AvgIpc) is 2.48. The summed E-state index contributed by atoms with van der Waals surface area (Å²) in [6, 6.07) is 7.34.